The molecule has 0 radical (unpaired) electrons. The zero-order valence-electron chi connectivity index (χ0n) is 13.9. The molecule has 0 bridgehead atoms. The Morgan fingerprint density at radius 3 is 2.67 bits per heavy atom. The summed E-state index contributed by atoms with van der Waals surface area (Å²) in [6.07, 6.45) is 1.07. The molecule has 7 nitrogen and oxygen atoms in total. The van der Waals surface area contributed by atoms with Crippen LogP contribution in [-0.4, -0.2) is 41.6 Å². The van der Waals surface area contributed by atoms with Crippen LogP contribution < -0.4 is 10.2 Å². The van der Waals surface area contributed by atoms with Gasteiger partial charge in [0.25, 0.3) is 0 Å². The molecule has 2 heterocycles. The highest BCUT2D eigenvalue weighted by molar-refractivity contribution is 5.94. The van der Waals surface area contributed by atoms with Gasteiger partial charge in [0.05, 0.1) is 17.3 Å². The molecule has 138 valence electrons. The minimum atomic E-state index is -1.17. The second-order valence-corrected chi connectivity index (χ2v) is 6.05. The smallest absolute Gasteiger partial charge is 0.404 e. The Morgan fingerprint density at radius 2 is 2.07 bits per heavy atom. The van der Waals surface area contributed by atoms with Gasteiger partial charge in [-0.15, -0.1) is 0 Å². The van der Waals surface area contributed by atoms with Gasteiger partial charge in [0.2, 0.25) is 0 Å². The molecule has 1 atom stereocenters. The maximum atomic E-state index is 13.7. The number of hydrogen-bond donors (Lipinski definition) is 2. The van der Waals surface area contributed by atoms with Crippen molar-refractivity contribution in [3.63, 3.8) is 0 Å². The molecule has 2 N–H and O–H groups in total. The molecule has 0 aliphatic carbocycles. The van der Waals surface area contributed by atoms with Crippen LogP contribution in [-0.2, 0) is 0 Å². The van der Waals surface area contributed by atoms with Gasteiger partial charge in [-0.05, 0) is 24.1 Å². The van der Waals surface area contributed by atoms with Crippen LogP contribution in [0.1, 0.15) is 22.5 Å². The van der Waals surface area contributed by atoms with Gasteiger partial charge in [-0.2, -0.15) is 5.26 Å². The Balaban J connectivity index is 2.16. The quantitative estimate of drug-likeness (QED) is 0.799. The van der Waals surface area contributed by atoms with E-state index in [0.29, 0.717) is 31.0 Å². The van der Waals surface area contributed by atoms with E-state index in [1.54, 1.807) is 4.90 Å². The van der Waals surface area contributed by atoms with Crippen LogP contribution in [0.5, 0.6) is 0 Å². The summed E-state index contributed by atoms with van der Waals surface area (Å²) in [5, 5.41) is 20.7. The average molecular weight is 372 g/mol. The first-order valence-corrected chi connectivity index (χ1v) is 8.02. The largest absolute Gasteiger partial charge is 0.465 e. The number of nitriles is 1. The minimum absolute atomic E-state index is 0.0740. The average Bonchev–Trinajstić information content (AvgIpc) is 3.06. The lowest BCUT2D eigenvalue weighted by molar-refractivity contribution is 0.112. The van der Waals surface area contributed by atoms with Crippen molar-refractivity contribution in [2.45, 2.75) is 12.5 Å². The fourth-order valence-corrected chi connectivity index (χ4v) is 3.26. The van der Waals surface area contributed by atoms with Crippen molar-refractivity contribution in [1.29, 1.82) is 5.26 Å². The lowest BCUT2D eigenvalue weighted by Crippen LogP contribution is -2.36. The van der Waals surface area contributed by atoms with Gasteiger partial charge in [-0.25, -0.2) is 18.6 Å². The number of halogens is 2. The highest BCUT2D eigenvalue weighted by atomic mass is 19.1. The predicted octanol–water partition coefficient (Wildman–Crippen LogP) is 2.56. The Bertz CT molecular complexity index is 938. The number of aldehydes is 1. The minimum Gasteiger partial charge on any atom is -0.465 e. The van der Waals surface area contributed by atoms with Crippen molar-refractivity contribution in [3.05, 3.63) is 47.3 Å². The highest BCUT2D eigenvalue weighted by Crippen LogP contribution is 2.37. The molecule has 1 fully saturated rings. The number of nitrogens with zero attached hydrogens (tertiary/aromatic N) is 3. The number of nitrogens with one attached hydrogen (secondary N) is 1. The molecule has 1 aromatic carbocycles. The van der Waals surface area contributed by atoms with Crippen molar-refractivity contribution in [1.82, 2.24) is 10.3 Å². The fourth-order valence-electron chi connectivity index (χ4n) is 3.26. The van der Waals surface area contributed by atoms with Gasteiger partial charge in [-0.1, -0.05) is 0 Å². The number of amides is 1. The molecule has 0 unspecified atom stereocenters. The van der Waals surface area contributed by atoms with Crippen molar-refractivity contribution < 1.29 is 23.5 Å². The van der Waals surface area contributed by atoms with E-state index in [1.807, 2.05) is 6.07 Å². The van der Waals surface area contributed by atoms with Crippen molar-refractivity contribution in [2.24, 2.45) is 0 Å². The third kappa shape index (κ3) is 3.69. The summed E-state index contributed by atoms with van der Waals surface area (Å²) in [4.78, 5) is 28.1. The summed E-state index contributed by atoms with van der Waals surface area (Å²) < 4.78 is 27.5. The summed E-state index contributed by atoms with van der Waals surface area (Å²) in [6, 6.07) is 4.32. The third-order valence-corrected chi connectivity index (χ3v) is 4.30. The van der Waals surface area contributed by atoms with E-state index in [1.165, 1.54) is 6.20 Å². The topological polar surface area (TPSA) is 106 Å². The Hall–Kier alpha value is -3.54. The van der Waals surface area contributed by atoms with E-state index < -0.39 is 17.7 Å². The van der Waals surface area contributed by atoms with E-state index in [4.69, 9.17) is 5.11 Å². The first-order chi connectivity index (χ1) is 12.9. The lowest BCUT2D eigenvalue weighted by Gasteiger charge is -2.24. The summed E-state index contributed by atoms with van der Waals surface area (Å²) in [5.74, 6) is -1.66. The number of anilines is 1. The van der Waals surface area contributed by atoms with E-state index >= 15 is 0 Å². The SMILES string of the molecule is N#Cc1ncc(C=O)c(N2CC[C@H](NC(=O)O)C2)c1-c1cc(F)cc(F)c1. The molecule has 1 aromatic heterocycles. The number of rotatable bonds is 4. The van der Waals surface area contributed by atoms with Gasteiger partial charge in [0, 0.05) is 30.9 Å². The predicted molar refractivity (Wildman–Crippen MR) is 91.5 cm³/mol. The summed E-state index contributed by atoms with van der Waals surface area (Å²) in [6.45, 7) is 0.637. The Kier molecular flexibility index (Phi) is 4.98. The van der Waals surface area contributed by atoms with Crippen LogP contribution in [0.15, 0.2) is 24.4 Å². The number of hydrogen-bond acceptors (Lipinski definition) is 5. The zero-order valence-corrected chi connectivity index (χ0v) is 13.9. The molecular formula is C18H14F2N4O3. The second kappa shape index (κ2) is 7.37. The van der Waals surface area contributed by atoms with E-state index in [9.17, 15) is 23.6 Å². The summed E-state index contributed by atoms with van der Waals surface area (Å²) in [7, 11) is 0. The standard InChI is InChI=1S/C18H14F2N4O3/c19-12-3-10(4-13(20)5-12)16-15(6-21)22-7-11(9-25)17(16)24-2-1-14(8-24)23-18(26)27/h3-5,7,9,14,23H,1-2,8H2,(H,26,27)/t14-/m0/s1. The van der Waals surface area contributed by atoms with Crippen LogP contribution in [0.25, 0.3) is 11.1 Å². The number of carbonyl (C=O) groups is 2. The lowest BCUT2D eigenvalue weighted by atomic mass is 9.98. The number of benzene rings is 1. The third-order valence-electron chi connectivity index (χ3n) is 4.30. The Labute approximate surface area is 152 Å². The normalized spacial score (nSPS) is 16.0. The monoisotopic (exact) mass is 372 g/mol. The van der Waals surface area contributed by atoms with Gasteiger partial charge in [0.15, 0.2) is 6.29 Å². The molecule has 0 saturated carbocycles. The number of pyridine rings is 1. The zero-order chi connectivity index (χ0) is 19.6. The van der Waals surface area contributed by atoms with Crippen molar-refractivity contribution in [2.75, 3.05) is 18.0 Å². The fraction of sp³-hybridized carbons (Fsp3) is 0.222. The van der Waals surface area contributed by atoms with Crippen LogP contribution in [0.3, 0.4) is 0 Å². The van der Waals surface area contributed by atoms with Gasteiger partial charge >= 0.3 is 6.09 Å². The van der Waals surface area contributed by atoms with E-state index in [0.717, 1.165) is 12.1 Å². The van der Waals surface area contributed by atoms with Crippen LogP contribution in [0.2, 0.25) is 0 Å². The first-order valence-electron chi connectivity index (χ1n) is 8.02. The summed E-state index contributed by atoms with van der Waals surface area (Å²) in [5.41, 5.74) is 0.567. The second-order valence-electron chi connectivity index (χ2n) is 6.05. The molecule has 1 aliphatic rings. The maximum absolute atomic E-state index is 13.7. The number of carbonyl (C=O) groups excluding carboxylic acids is 1. The summed E-state index contributed by atoms with van der Waals surface area (Å²) >= 11 is 0. The van der Waals surface area contributed by atoms with Gasteiger partial charge in [-0.3, -0.25) is 4.79 Å². The van der Waals surface area contributed by atoms with E-state index in [2.05, 4.69) is 10.3 Å². The Morgan fingerprint density at radius 1 is 1.37 bits per heavy atom. The molecule has 2 aromatic rings. The van der Waals surface area contributed by atoms with E-state index in [-0.39, 0.29) is 35.0 Å². The molecule has 1 saturated heterocycles. The van der Waals surface area contributed by atoms with Crippen molar-refractivity contribution >= 4 is 18.1 Å². The molecule has 9 heteroatoms. The number of carboxylic acid groups (broad SMARTS) is 1. The van der Waals surface area contributed by atoms with Crippen LogP contribution >= 0.6 is 0 Å². The number of aromatic nitrogens is 1. The molecule has 3 rings (SSSR count). The molecule has 1 aliphatic heterocycles. The maximum Gasteiger partial charge on any atom is 0.404 e. The van der Waals surface area contributed by atoms with Crippen LogP contribution in [0, 0.1) is 23.0 Å². The van der Waals surface area contributed by atoms with Gasteiger partial charge < -0.3 is 15.3 Å². The molecule has 27 heavy (non-hydrogen) atoms. The molecule has 0 spiro atoms. The molecular weight excluding hydrogens is 358 g/mol. The van der Waals surface area contributed by atoms with Crippen molar-refractivity contribution in [3.8, 4) is 17.2 Å². The van der Waals surface area contributed by atoms with Crippen LogP contribution in [0.4, 0.5) is 19.3 Å². The molecule has 1 amide bonds. The van der Waals surface area contributed by atoms with Gasteiger partial charge in [0.1, 0.15) is 23.4 Å². The highest BCUT2D eigenvalue weighted by Gasteiger charge is 2.29. The first kappa shape index (κ1) is 18.3.